The van der Waals surface area contributed by atoms with E-state index in [-0.39, 0.29) is 12.5 Å². The number of hydrogen-bond acceptors (Lipinski definition) is 5. The van der Waals surface area contributed by atoms with E-state index in [1.54, 1.807) is 6.08 Å². The summed E-state index contributed by atoms with van der Waals surface area (Å²) in [5, 5.41) is 3.45. The first-order chi connectivity index (χ1) is 12.6. The number of amides is 1. The number of aromatic nitrogens is 1. The Morgan fingerprint density at radius 2 is 1.92 bits per heavy atom. The molecule has 1 N–H and O–H groups in total. The van der Waals surface area contributed by atoms with Crippen molar-refractivity contribution in [3.8, 4) is 0 Å². The molecule has 0 atom stereocenters. The van der Waals surface area contributed by atoms with Crippen LogP contribution in [0.1, 0.15) is 16.1 Å². The van der Waals surface area contributed by atoms with Crippen molar-refractivity contribution in [1.29, 1.82) is 0 Å². The van der Waals surface area contributed by atoms with E-state index >= 15 is 0 Å². The summed E-state index contributed by atoms with van der Waals surface area (Å²) in [6.45, 7) is 2.08. The number of aryl methyl sites for hydroxylation is 1. The number of para-hydroxylation sites is 1. The van der Waals surface area contributed by atoms with E-state index in [4.69, 9.17) is 4.74 Å². The molecule has 1 heterocycles. The van der Waals surface area contributed by atoms with Gasteiger partial charge in [0.05, 0.1) is 10.2 Å². The van der Waals surface area contributed by atoms with Crippen molar-refractivity contribution in [3.63, 3.8) is 0 Å². The van der Waals surface area contributed by atoms with Crippen LogP contribution in [0.3, 0.4) is 0 Å². The first-order valence-electron chi connectivity index (χ1n) is 8.13. The third kappa shape index (κ3) is 4.77. The zero-order valence-electron chi connectivity index (χ0n) is 14.3. The Labute approximate surface area is 155 Å². The van der Waals surface area contributed by atoms with E-state index in [2.05, 4.69) is 10.3 Å². The maximum Gasteiger partial charge on any atom is 0.331 e. The highest BCUT2D eigenvalue weighted by Gasteiger charge is 2.06. The Balaban J connectivity index is 1.46. The molecule has 0 unspecified atom stereocenters. The van der Waals surface area contributed by atoms with Crippen LogP contribution in [-0.4, -0.2) is 23.5 Å². The van der Waals surface area contributed by atoms with Crippen molar-refractivity contribution < 1.29 is 14.3 Å². The second-order valence-corrected chi connectivity index (χ2v) is 6.73. The summed E-state index contributed by atoms with van der Waals surface area (Å²) >= 11 is 1.49. The van der Waals surface area contributed by atoms with Crippen molar-refractivity contribution in [2.24, 2.45) is 0 Å². The minimum Gasteiger partial charge on any atom is -0.452 e. The van der Waals surface area contributed by atoms with Crippen molar-refractivity contribution >= 4 is 39.5 Å². The fourth-order valence-electron chi connectivity index (χ4n) is 2.34. The average Bonchev–Trinajstić information content (AvgIpc) is 3.07. The monoisotopic (exact) mass is 366 g/mol. The number of esters is 1. The summed E-state index contributed by atoms with van der Waals surface area (Å²) in [6.07, 6.45) is 2.88. The summed E-state index contributed by atoms with van der Waals surface area (Å²) in [5.41, 5.74) is 3.02. The molecular formula is C20H18N2O3S. The van der Waals surface area contributed by atoms with Crippen LogP contribution in [0.5, 0.6) is 0 Å². The molecule has 3 aromatic rings. The van der Waals surface area contributed by atoms with Gasteiger partial charge in [0.1, 0.15) is 5.01 Å². The second-order valence-electron chi connectivity index (χ2n) is 5.66. The Bertz CT molecular complexity index is 929. The highest BCUT2D eigenvalue weighted by atomic mass is 32.1. The SMILES string of the molecule is Cc1ccccc1CNC(=O)COC(=O)/C=C/c1nc2ccccc2s1. The summed E-state index contributed by atoms with van der Waals surface area (Å²) in [7, 11) is 0. The molecular weight excluding hydrogens is 348 g/mol. The normalized spacial score (nSPS) is 11.0. The fraction of sp³-hybridized carbons (Fsp3) is 0.150. The van der Waals surface area contributed by atoms with Gasteiger partial charge >= 0.3 is 5.97 Å². The van der Waals surface area contributed by atoms with Gasteiger partial charge in [-0.05, 0) is 36.3 Å². The van der Waals surface area contributed by atoms with Gasteiger partial charge < -0.3 is 10.1 Å². The van der Waals surface area contributed by atoms with Crippen molar-refractivity contribution in [1.82, 2.24) is 10.3 Å². The molecule has 0 radical (unpaired) electrons. The number of nitrogens with zero attached hydrogens (tertiary/aromatic N) is 1. The van der Waals surface area contributed by atoms with Gasteiger partial charge in [-0.25, -0.2) is 9.78 Å². The summed E-state index contributed by atoms with van der Waals surface area (Å²) in [4.78, 5) is 27.9. The average molecular weight is 366 g/mol. The van der Waals surface area contributed by atoms with Gasteiger partial charge in [-0.3, -0.25) is 4.79 Å². The Morgan fingerprint density at radius 3 is 2.73 bits per heavy atom. The van der Waals surface area contributed by atoms with E-state index in [1.807, 2.05) is 55.5 Å². The van der Waals surface area contributed by atoms with Crippen LogP contribution in [0, 0.1) is 6.92 Å². The number of thiazole rings is 1. The maximum atomic E-state index is 11.8. The largest absolute Gasteiger partial charge is 0.452 e. The lowest BCUT2D eigenvalue weighted by molar-refractivity contribution is -0.143. The van der Waals surface area contributed by atoms with Gasteiger partial charge in [0.15, 0.2) is 6.61 Å². The molecule has 132 valence electrons. The van der Waals surface area contributed by atoms with Crippen LogP contribution in [0.2, 0.25) is 0 Å². The maximum absolute atomic E-state index is 11.8. The van der Waals surface area contributed by atoms with E-state index in [0.29, 0.717) is 11.6 Å². The highest BCUT2D eigenvalue weighted by molar-refractivity contribution is 7.19. The molecule has 26 heavy (non-hydrogen) atoms. The number of carbonyl (C=O) groups excluding carboxylic acids is 2. The zero-order valence-corrected chi connectivity index (χ0v) is 15.1. The third-order valence-electron chi connectivity index (χ3n) is 3.76. The zero-order chi connectivity index (χ0) is 18.4. The molecule has 0 bridgehead atoms. The van der Waals surface area contributed by atoms with Crippen molar-refractivity contribution in [2.45, 2.75) is 13.5 Å². The van der Waals surface area contributed by atoms with Crippen molar-refractivity contribution in [3.05, 3.63) is 70.7 Å². The van der Waals surface area contributed by atoms with Crippen LogP contribution in [0.4, 0.5) is 0 Å². The molecule has 0 aliphatic carbocycles. The van der Waals surface area contributed by atoms with E-state index < -0.39 is 5.97 Å². The van der Waals surface area contributed by atoms with Crippen LogP contribution >= 0.6 is 11.3 Å². The molecule has 3 rings (SSSR count). The van der Waals surface area contributed by atoms with Gasteiger partial charge in [0.25, 0.3) is 5.91 Å². The predicted octanol–water partition coefficient (Wildman–Crippen LogP) is 3.48. The van der Waals surface area contributed by atoms with Gasteiger partial charge in [0, 0.05) is 12.6 Å². The Hall–Kier alpha value is -2.99. The minimum atomic E-state index is -0.574. The molecule has 0 spiro atoms. The highest BCUT2D eigenvalue weighted by Crippen LogP contribution is 2.22. The molecule has 1 amide bonds. The standard InChI is InChI=1S/C20H18N2O3S/c1-14-6-2-3-7-15(14)12-21-18(23)13-25-20(24)11-10-19-22-16-8-4-5-9-17(16)26-19/h2-11H,12-13H2,1H3,(H,21,23)/b11-10+. The fourth-order valence-corrected chi connectivity index (χ4v) is 3.21. The lowest BCUT2D eigenvalue weighted by Crippen LogP contribution is -2.28. The summed E-state index contributed by atoms with van der Waals surface area (Å²) in [6, 6.07) is 15.5. The molecule has 0 saturated carbocycles. The number of ether oxygens (including phenoxy) is 1. The van der Waals surface area contributed by atoms with Crippen LogP contribution < -0.4 is 5.32 Å². The molecule has 0 aliphatic rings. The molecule has 0 aliphatic heterocycles. The number of carbonyl (C=O) groups is 2. The topological polar surface area (TPSA) is 68.3 Å². The quantitative estimate of drug-likeness (QED) is 0.536. The van der Waals surface area contributed by atoms with Gasteiger partial charge in [-0.1, -0.05) is 36.4 Å². The van der Waals surface area contributed by atoms with Crippen molar-refractivity contribution in [2.75, 3.05) is 6.61 Å². The minimum absolute atomic E-state index is 0.311. The summed E-state index contributed by atoms with van der Waals surface area (Å²) < 4.78 is 6.01. The summed E-state index contributed by atoms with van der Waals surface area (Å²) in [5.74, 6) is -0.912. The van der Waals surface area contributed by atoms with Crippen LogP contribution in [0.15, 0.2) is 54.6 Å². The third-order valence-corrected chi connectivity index (χ3v) is 4.76. The second kappa shape index (κ2) is 8.40. The lowest BCUT2D eigenvalue weighted by atomic mass is 10.1. The van der Waals surface area contributed by atoms with Gasteiger partial charge in [0.2, 0.25) is 0 Å². The molecule has 0 saturated heterocycles. The molecule has 2 aromatic carbocycles. The number of benzene rings is 2. The Morgan fingerprint density at radius 1 is 1.15 bits per heavy atom. The van der Waals surface area contributed by atoms with Gasteiger partial charge in [-0.2, -0.15) is 0 Å². The number of hydrogen-bond donors (Lipinski definition) is 1. The Kier molecular flexibility index (Phi) is 5.76. The number of fused-ring (bicyclic) bond motifs is 1. The smallest absolute Gasteiger partial charge is 0.331 e. The van der Waals surface area contributed by atoms with E-state index in [9.17, 15) is 9.59 Å². The van der Waals surface area contributed by atoms with E-state index in [0.717, 1.165) is 21.3 Å². The first kappa shape index (κ1) is 17.8. The van der Waals surface area contributed by atoms with Crippen LogP contribution in [-0.2, 0) is 20.9 Å². The molecule has 5 nitrogen and oxygen atoms in total. The number of nitrogens with one attached hydrogen (secondary N) is 1. The van der Waals surface area contributed by atoms with E-state index in [1.165, 1.54) is 17.4 Å². The predicted molar refractivity (Wildman–Crippen MR) is 103 cm³/mol. The molecule has 6 heteroatoms. The molecule has 1 aromatic heterocycles. The van der Waals surface area contributed by atoms with Gasteiger partial charge in [-0.15, -0.1) is 11.3 Å². The molecule has 0 fully saturated rings. The first-order valence-corrected chi connectivity index (χ1v) is 8.95. The number of rotatable bonds is 6. The lowest BCUT2D eigenvalue weighted by Gasteiger charge is -2.07. The van der Waals surface area contributed by atoms with Crippen LogP contribution in [0.25, 0.3) is 16.3 Å².